The van der Waals surface area contributed by atoms with Crippen molar-refractivity contribution < 1.29 is 76.6 Å². The number of hydrogen-bond acceptors (Lipinski definition) is 6. The lowest BCUT2D eigenvalue weighted by Gasteiger charge is -2.31. The van der Waals surface area contributed by atoms with E-state index in [1.54, 1.807) is 5.32 Å². The number of nitrogens with zero attached hydrogens (tertiary/aromatic N) is 2. The first-order valence-corrected chi connectivity index (χ1v) is 13.8. The highest BCUT2D eigenvalue weighted by molar-refractivity contribution is 14.1. The van der Waals surface area contributed by atoms with Gasteiger partial charge >= 0.3 is 30.4 Å². The van der Waals surface area contributed by atoms with Gasteiger partial charge in [-0.15, -0.1) is 18.2 Å². The van der Waals surface area contributed by atoms with Crippen LogP contribution in [0.3, 0.4) is 0 Å². The summed E-state index contributed by atoms with van der Waals surface area (Å²) < 4.78 is 166. The number of pyridine rings is 1. The summed E-state index contributed by atoms with van der Waals surface area (Å²) in [4.78, 5) is 46.9. The Morgan fingerprint density at radius 3 is 2.04 bits per heavy atom. The molecule has 1 N–H and O–H groups in total. The van der Waals surface area contributed by atoms with Crippen LogP contribution in [0, 0.1) is 21.3 Å². The molecule has 2 amide bonds. The van der Waals surface area contributed by atoms with Gasteiger partial charge in [-0.2, -0.15) is 30.7 Å². The summed E-state index contributed by atoms with van der Waals surface area (Å²) in [5, 5.41) is 1.75. The maximum absolute atomic E-state index is 15.8. The highest BCUT2D eigenvalue weighted by Gasteiger charge is 2.73. The first-order chi connectivity index (χ1) is 22.0. The van der Waals surface area contributed by atoms with E-state index in [0.717, 1.165) is 46.9 Å². The van der Waals surface area contributed by atoms with Crippen LogP contribution in [0.25, 0.3) is 0 Å². The van der Waals surface area contributed by atoms with Gasteiger partial charge in [-0.3, -0.25) is 9.59 Å². The molecule has 2 aromatic carbocycles. The van der Waals surface area contributed by atoms with Crippen molar-refractivity contribution in [2.75, 3.05) is 10.4 Å². The molecule has 1 aliphatic rings. The number of carbonyl (C=O) groups excluding carboxylic acids is 3. The second-order valence-electron chi connectivity index (χ2n) is 9.78. The summed E-state index contributed by atoms with van der Waals surface area (Å²) in [7, 11) is 0. The van der Waals surface area contributed by atoms with Gasteiger partial charge in [0, 0.05) is 15.3 Å². The molecule has 0 radical (unpaired) electrons. The molecule has 0 unspecified atom stereocenters. The number of rotatable bonds is 7. The van der Waals surface area contributed by atoms with Gasteiger partial charge in [-0.25, -0.2) is 18.6 Å². The smallest absolute Gasteiger partial charge is 0.404 e. The topological polar surface area (TPSA) is 97.8 Å². The van der Waals surface area contributed by atoms with Crippen molar-refractivity contribution in [1.82, 2.24) is 4.98 Å². The SMILES string of the molecule is O=C(Nc1c(I)cc(C(F)(C(F)(F)F)C(F)(F)F)cc1OC(F)(F)F)c1cccc(N(OC(=O)C2CC2)C(=O)c2ccc(F)nc2)c1F. The summed E-state index contributed by atoms with van der Waals surface area (Å²) in [5.41, 5.74) is -12.4. The normalized spacial score (nSPS) is 13.9. The van der Waals surface area contributed by atoms with E-state index in [2.05, 4.69) is 9.72 Å². The highest BCUT2D eigenvalue weighted by Crippen LogP contribution is 2.55. The lowest BCUT2D eigenvalue weighted by molar-refractivity contribution is -0.348. The molecule has 3 aromatic rings. The number of halogens is 13. The van der Waals surface area contributed by atoms with Gasteiger partial charge in [-0.05, 0) is 71.8 Å². The minimum atomic E-state index is -6.73. The maximum Gasteiger partial charge on any atom is 0.573 e. The van der Waals surface area contributed by atoms with E-state index < -0.39 is 103 Å². The number of alkyl halides is 10. The predicted molar refractivity (Wildman–Crippen MR) is 145 cm³/mol. The molecule has 21 heteroatoms. The Morgan fingerprint density at radius 2 is 1.52 bits per heavy atom. The molecule has 0 spiro atoms. The van der Waals surface area contributed by atoms with E-state index in [1.165, 1.54) is 0 Å². The van der Waals surface area contributed by atoms with Gasteiger partial charge in [0.05, 0.1) is 22.7 Å². The van der Waals surface area contributed by atoms with Crippen molar-refractivity contribution in [2.24, 2.45) is 5.92 Å². The average Bonchev–Trinajstić information content (AvgIpc) is 3.81. The van der Waals surface area contributed by atoms with Crippen LogP contribution in [0.2, 0.25) is 0 Å². The zero-order valence-electron chi connectivity index (χ0n) is 23.0. The molecular formula is C27H14F12IN3O5. The van der Waals surface area contributed by atoms with Crippen molar-refractivity contribution in [3.8, 4) is 5.75 Å². The molecule has 1 heterocycles. The number of anilines is 2. The predicted octanol–water partition coefficient (Wildman–Crippen LogP) is 7.92. The largest absolute Gasteiger partial charge is 0.573 e. The van der Waals surface area contributed by atoms with Crippen LogP contribution in [-0.4, -0.2) is 41.5 Å². The Hall–Kier alpha value is -4.31. The number of amides is 2. The Kier molecular flexibility index (Phi) is 9.86. The number of hydroxylamine groups is 1. The van der Waals surface area contributed by atoms with Crippen molar-refractivity contribution in [3.63, 3.8) is 0 Å². The van der Waals surface area contributed by atoms with E-state index in [-0.39, 0.29) is 11.1 Å². The van der Waals surface area contributed by atoms with Crippen LogP contribution < -0.4 is 15.1 Å². The lowest BCUT2D eigenvalue weighted by Crippen LogP contribution is -2.50. The van der Waals surface area contributed by atoms with Crippen LogP contribution in [0.4, 0.5) is 64.1 Å². The van der Waals surface area contributed by atoms with Crippen LogP contribution in [0.1, 0.15) is 39.1 Å². The Labute approximate surface area is 273 Å². The summed E-state index contributed by atoms with van der Waals surface area (Å²) in [6, 6.07) is 3.26. The summed E-state index contributed by atoms with van der Waals surface area (Å²) >= 11 is 0.881. The number of hydrogen-bond donors (Lipinski definition) is 1. The molecule has 4 rings (SSSR count). The van der Waals surface area contributed by atoms with Gasteiger partial charge in [0.15, 0.2) is 11.6 Å². The van der Waals surface area contributed by atoms with Crippen LogP contribution >= 0.6 is 22.6 Å². The minimum absolute atomic E-state index is 0.0908. The molecular weight excluding hydrogens is 801 g/mol. The molecule has 1 aromatic heterocycles. The fraction of sp³-hybridized carbons (Fsp3) is 0.259. The first-order valence-electron chi connectivity index (χ1n) is 12.7. The summed E-state index contributed by atoms with van der Waals surface area (Å²) in [5.74, 6) is -9.36. The molecule has 8 nitrogen and oxygen atoms in total. The van der Waals surface area contributed by atoms with Crippen molar-refractivity contribution >= 4 is 51.7 Å². The molecule has 48 heavy (non-hydrogen) atoms. The highest BCUT2D eigenvalue weighted by atomic mass is 127. The first kappa shape index (κ1) is 36.5. The molecule has 0 atom stereocenters. The van der Waals surface area contributed by atoms with Gasteiger partial charge in [0.2, 0.25) is 5.95 Å². The minimum Gasteiger partial charge on any atom is -0.404 e. The average molecular weight is 815 g/mol. The monoisotopic (exact) mass is 815 g/mol. The summed E-state index contributed by atoms with van der Waals surface area (Å²) in [6.07, 6.45) is -17.9. The van der Waals surface area contributed by atoms with Gasteiger partial charge in [0.1, 0.15) is 5.69 Å². The molecule has 1 fully saturated rings. The van der Waals surface area contributed by atoms with E-state index >= 15 is 4.39 Å². The summed E-state index contributed by atoms with van der Waals surface area (Å²) in [6.45, 7) is 0. The Morgan fingerprint density at radius 1 is 0.896 bits per heavy atom. The fourth-order valence-corrected chi connectivity index (χ4v) is 4.67. The molecule has 258 valence electrons. The van der Waals surface area contributed by atoms with Crippen LogP contribution in [-0.2, 0) is 15.3 Å². The van der Waals surface area contributed by atoms with Gasteiger partial charge in [-0.1, -0.05) is 6.07 Å². The van der Waals surface area contributed by atoms with Crippen LogP contribution in [0.15, 0.2) is 48.7 Å². The van der Waals surface area contributed by atoms with Crippen molar-refractivity contribution in [2.45, 2.75) is 37.2 Å². The standard InChI is InChI=1S/C27H14F12IN3O5/c28-18-7-6-12(10-41-18)22(45)43(48-23(46)11-4-5-11)16-3-1-2-14(19(16)29)21(44)42-20-15(40)8-13(9-17(20)47-27(37,38)39)24(30,25(31,32)33)26(34,35)36/h1-3,6-11H,4-5H2,(H,42,44). The zero-order valence-corrected chi connectivity index (χ0v) is 25.1. The quantitative estimate of drug-likeness (QED) is 0.113. The number of nitrogens with one attached hydrogen (secondary N) is 1. The van der Waals surface area contributed by atoms with Gasteiger partial charge in [0.25, 0.3) is 11.8 Å². The van der Waals surface area contributed by atoms with Gasteiger partial charge < -0.3 is 14.9 Å². The van der Waals surface area contributed by atoms with E-state index in [0.29, 0.717) is 25.1 Å². The maximum atomic E-state index is 15.8. The second kappa shape index (κ2) is 13.0. The zero-order chi connectivity index (χ0) is 36.0. The third-order valence-electron chi connectivity index (χ3n) is 6.39. The van der Waals surface area contributed by atoms with Crippen LogP contribution in [0.5, 0.6) is 5.75 Å². The van der Waals surface area contributed by atoms with E-state index in [4.69, 9.17) is 4.84 Å². The van der Waals surface area contributed by atoms with E-state index in [1.807, 2.05) is 0 Å². The number of carbonyl (C=O) groups is 3. The van der Waals surface area contributed by atoms with E-state index in [9.17, 15) is 62.7 Å². The molecule has 0 saturated heterocycles. The second-order valence-corrected chi connectivity index (χ2v) is 10.9. The lowest BCUT2D eigenvalue weighted by atomic mass is 9.93. The Bertz CT molecular complexity index is 1730. The van der Waals surface area contributed by atoms with Crippen molar-refractivity contribution in [3.05, 3.63) is 80.7 Å². The third kappa shape index (κ3) is 7.54. The molecule has 1 aliphatic carbocycles. The third-order valence-corrected chi connectivity index (χ3v) is 7.24. The molecule has 0 bridgehead atoms. The fourth-order valence-electron chi connectivity index (χ4n) is 3.93. The Balaban J connectivity index is 1.78. The molecule has 0 aliphatic heterocycles. The molecule has 1 saturated carbocycles. The number of ether oxygens (including phenoxy) is 1. The number of aromatic nitrogens is 1. The number of benzene rings is 2. The van der Waals surface area contributed by atoms with Crippen molar-refractivity contribution in [1.29, 1.82) is 0 Å².